The SMILES string of the molecule is Cc1ccc(-c2[c]nc(C(N)=O)nc2OCCO)cc1. The molecule has 1 radical (unpaired) electrons. The molecule has 1 amide bonds. The van der Waals surface area contributed by atoms with Gasteiger partial charge < -0.3 is 15.6 Å². The van der Waals surface area contributed by atoms with Crippen molar-refractivity contribution in [1.29, 1.82) is 0 Å². The Bertz CT molecular complexity index is 612. The molecular formula is C14H14N3O3. The van der Waals surface area contributed by atoms with Crippen molar-refractivity contribution in [2.24, 2.45) is 5.73 Å². The van der Waals surface area contributed by atoms with Gasteiger partial charge in [-0.25, -0.2) is 4.98 Å². The van der Waals surface area contributed by atoms with Crippen molar-refractivity contribution in [3.05, 3.63) is 41.9 Å². The lowest BCUT2D eigenvalue weighted by Crippen LogP contribution is -2.16. The van der Waals surface area contributed by atoms with Crippen molar-refractivity contribution in [3.63, 3.8) is 0 Å². The minimum Gasteiger partial charge on any atom is -0.475 e. The summed E-state index contributed by atoms with van der Waals surface area (Å²) in [6.45, 7) is 1.87. The van der Waals surface area contributed by atoms with Crippen molar-refractivity contribution in [2.45, 2.75) is 6.92 Å². The summed E-state index contributed by atoms with van der Waals surface area (Å²) in [5.41, 5.74) is 7.57. The summed E-state index contributed by atoms with van der Waals surface area (Å²) in [5.74, 6) is -0.758. The van der Waals surface area contributed by atoms with E-state index in [1.807, 2.05) is 31.2 Å². The monoisotopic (exact) mass is 272 g/mol. The van der Waals surface area contributed by atoms with Gasteiger partial charge in [0.1, 0.15) is 12.8 Å². The number of carbonyl (C=O) groups is 1. The van der Waals surface area contributed by atoms with E-state index in [4.69, 9.17) is 15.6 Å². The summed E-state index contributed by atoms with van der Waals surface area (Å²) < 4.78 is 5.32. The molecule has 0 saturated heterocycles. The number of nitrogens with two attached hydrogens (primary N) is 1. The lowest BCUT2D eigenvalue weighted by molar-refractivity contribution is 0.0988. The van der Waals surface area contributed by atoms with Gasteiger partial charge in [0.2, 0.25) is 11.7 Å². The molecule has 0 spiro atoms. The Morgan fingerprint density at radius 3 is 2.70 bits per heavy atom. The first kappa shape index (κ1) is 14.0. The van der Waals surface area contributed by atoms with Crippen LogP contribution in [0, 0.1) is 13.1 Å². The molecule has 0 aliphatic rings. The smallest absolute Gasteiger partial charge is 0.286 e. The number of hydrogen-bond acceptors (Lipinski definition) is 5. The molecule has 6 heteroatoms. The first-order valence-electron chi connectivity index (χ1n) is 6.02. The number of primary amides is 1. The van der Waals surface area contributed by atoms with Crippen molar-refractivity contribution >= 4 is 5.91 Å². The molecule has 1 heterocycles. The van der Waals surface area contributed by atoms with Gasteiger partial charge in [0.05, 0.1) is 12.2 Å². The molecular weight excluding hydrogens is 258 g/mol. The highest BCUT2D eigenvalue weighted by atomic mass is 16.5. The number of benzene rings is 1. The number of aromatic nitrogens is 2. The van der Waals surface area contributed by atoms with Crippen molar-refractivity contribution in [1.82, 2.24) is 9.97 Å². The van der Waals surface area contributed by atoms with Crippen LogP contribution in [0.1, 0.15) is 16.2 Å². The minimum atomic E-state index is -0.759. The molecule has 1 aromatic heterocycles. The summed E-state index contributed by atoms with van der Waals surface area (Å²) in [5, 5.41) is 8.83. The highest BCUT2D eigenvalue weighted by molar-refractivity contribution is 5.89. The zero-order chi connectivity index (χ0) is 14.5. The third-order valence-electron chi connectivity index (χ3n) is 2.59. The first-order valence-corrected chi connectivity index (χ1v) is 6.02. The van der Waals surface area contributed by atoms with Crippen LogP contribution in [0.5, 0.6) is 5.88 Å². The number of nitrogens with zero attached hydrogens (tertiary/aromatic N) is 2. The van der Waals surface area contributed by atoms with Crippen molar-refractivity contribution < 1.29 is 14.6 Å². The predicted octanol–water partition coefficient (Wildman–Crippen LogP) is 0.722. The predicted molar refractivity (Wildman–Crippen MR) is 72.1 cm³/mol. The van der Waals surface area contributed by atoms with Gasteiger partial charge in [-0.05, 0) is 12.5 Å². The van der Waals surface area contributed by atoms with Gasteiger partial charge in [-0.3, -0.25) is 4.79 Å². The molecule has 0 unspecified atom stereocenters. The molecule has 6 nitrogen and oxygen atoms in total. The van der Waals surface area contributed by atoms with Gasteiger partial charge in [-0.15, -0.1) is 0 Å². The Hall–Kier alpha value is -2.47. The number of aliphatic hydroxyl groups excluding tert-OH is 1. The second-order valence-corrected chi connectivity index (χ2v) is 4.14. The molecule has 0 aliphatic carbocycles. The fourth-order valence-corrected chi connectivity index (χ4v) is 1.60. The summed E-state index contributed by atoms with van der Waals surface area (Å²) in [7, 11) is 0. The fraction of sp³-hybridized carbons (Fsp3) is 0.214. The minimum absolute atomic E-state index is 0.0575. The van der Waals surface area contributed by atoms with Gasteiger partial charge in [0.25, 0.3) is 5.91 Å². The number of carbonyl (C=O) groups excluding carboxylic acids is 1. The molecule has 2 aromatic rings. The third kappa shape index (κ3) is 3.10. The van der Waals surface area contributed by atoms with Gasteiger partial charge >= 0.3 is 0 Å². The zero-order valence-electron chi connectivity index (χ0n) is 11.0. The molecule has 0 saturated carbocycles. The summed E-state index contributed by atoms with van der Waals surface area (Å²) in [6, 6.07) is 7.61. The van der Waals surface area contributed by atoms with Crippen molar-refractivity contribution in [2.75, 3.05) is 13.2 Å². The van der Waals surface area contributed by atoms with Gasteiger partial charge in [0.15, 0.2) is 0 Å². The lowest BCUT2D eigenvalue weighted by atomic mass is 10.1. The van der Waals surface area contributed by atoms with Crippen LogP contribution in [0.15, 0.2) is 24.3 Å². The molecule has 2 rings (SSSR count). The van der Waals surface area contributed by atoms with E-state index in [1.165, 1.54) is 0 Å². The van der Waals surface area contributed by atoms with Crippen LogP contribution >= 0.6 is 0 Å². The van der Waals surface area contributed by atoms with E-state index in [1.54, 1.807) is 0 Å². The van der Waals surface area contributed by atoms with Crippen LogP contribution in [0.3, 0.4) is 0 Å². The molecule has 0 fully saturated rings. The second kappa shape index (κ2) is 6.12. The Kier molecular flexibility index (Phi) is 4.27. The normalized spacial score (nSPS) is 10.3. The van der Waals surface area contributed by atoms with E-state index in [2.05, 4.69) is 16.2 Å². The standard InChI is InChI=1S/C14H14N3O3/c1-9-2-4-10(5-3-9)11-8-16-13(12(15)19)17-14(11)20-7-6-18/h2-5,18H,6-7H2,1H3,(H2,15,19). The molecule has 20 heavy (non-hydrogen) atoms. The number of rotatable bonds is 5. The molecule has 3 N–H and O–H groups in total. The average molecular weight is 272 g/mol. The Morgan fingerprint density at radius 1 is 1.40 bits per heavy atom. The maximum absolute atomic E-state index is 11.1. The highest BCUT2D eigenvalue weighted by Gasteiger charge is 2.14. The maximum atomic E-state index is 11.1. The second-order valence-electron chi connectivity index (χ2n) is 4.14. The summed E-state index contributed by atoms with van der Waals surface area (Å²) in [4.78, 5) is 18.8. The van der Waals surface area contributed by atoms with Gasteiger partial charge in [-0.1, -0.05) is 29.8 Å². The van der Waals surface area contributed by atoms with E-state index in [0.717, 1.165) is 11.1 Å². The maximum Gasteiger partial charge on any atom is 0.286 e. The number of ether oxygens (including phenoxy) is 1. The quantitative estimate of drug-likeness (QED) is 0.835. The Balaban J connectivity index is 2.45. The van der Waals surface area contributed by atoms with Gasteiger partial charge in [-0.2, -0.15) is 4.98 Å². The van der Waals surface area contributed by atoms with E-state index in [0.29, 0.717) is 5.56 Å². The lowest BCUT2D eigenvalue weighted by Gasteiger charge is -2.10. The number of hydrogen-bond donors (Lipinski definition) is 2. The largest absolute Gasteiger partial charge is 0.475 e. The van der Waals surface area contributed by atoms with Crippen LogP contribution in [0.2, 0.25) is 0 Å². The molecule has 0 aliphatic heterocycles. The molecule has 103 valence electrons. The van der Waals surface area contributed by atoms with E-state index in [9.17, 15) is 4.79 Å². The number of aryl methyl sites for hydroxylation is 1. The van der Waals surface area contributed by atoms with Crippen LogP contribution in [-0.4, -0.2) is 34.2 Å². The Morgan fingerprint density at radius 2 is 2.10 bits per heavy atom. The topological polar surface area (TPSA) is 98.3 Å². The van der Waals surface area contributed by atoms with Gasteiger partial charge in [0, 0.05) is 0 Å². The molecule has 1 aromatic carbocycles. The molecule has 0 bridgehead atoms. The van der Waals surface area contributed by atoms with Crippen LogP contribution in [-0.2, 0) is 0 Å². The van der Waals surface area contributed by atoms with E-state index in [-0.39, 0.29) is 24.9 Å². The summed E-state index contributed by atoms with van der Waals surface area (Å²) >= 11 is 0. The van der Waals surface area contributed by atoms with Crippen LogP contribution < -0.4 is 10.5 Å². The zero-order valence-corrected chi connectivity index (χ0v) is 11.0. The summed E-state index contributed by atoms with van der Waals surface area (Å²) in [6.07, 6.45) is 2.71. The number of aliphatic hydroxyl groups is 1. The van der Waals surface area contributed by atoms with Crippen LogP contribution in [0.4, 0.5) is 0 Å². The third-order valence-corrected chi connectivity index (χ3v) is 2.59. The fourth-order valence-electron chi connectivity index (χ4n) is 1.60. The average Bonchev–Trinajstić information content (AvgIpc) is 2.45. The number of amides is 1. The van der Waals surface area contributed by atoms with Crippen LogP contribution in [0.25, 0.3) is 11.1 Å². The highest BCUT2D eigenvalue weighted by Crippen LogP contribution is 2.27. The van der Waals surface area contributed by atoms with E-state index < -0.39 is 5.91 Å². The van der Waals surface area contributed by atoms with Crippen molar-refractivity contribution in [3.8, 4) is 17.0 Å². The molecule has 0 atom stereocenters. The van der Waals surface area contributed by atoms with E-state index >= 15 is 0 Å². The first-order chi connectivity index (χ1) is 9.61. The Labute approximate surface area is 116 Å².